The number of hydrogen-bond donors (Lipinski definition) is 0. The van der Waals surface area contributed by atoms with E-state index in [1.807, 2.05) is 0 Å². The topological polar surface area (TPSA) is 105 Å². The first-order valence-corrected chi connectivity index (χ1v) is 15.2. The van der Waals surface area contributed by atoms with Gasteiger partial charge in [0, 0.05) is 0 Å². The van der Waals surface area contributed by atoms with E-state index in [-0.39, 0.29) is 35.8 Å². The van der Waals surface area contributed by atoms with E-state index in [1.165, 1.54) is 0 Å². The Balaban J connectivity index is 1.73. The number of aryl methyl sites for hydroxylation is 4. The smallest absolute Gasteiger partial charge is 0.330 e. The van der Waals surface area contributed by atoms with E-state index in [4.69, 9.17) is 18.9 Å². The van der Waals surface area contributed by atoms with Gasteiger partial charge in [-0.1, -0.05) is 85.6 Å². The molecule has 0 aromatic heterocycles. The van der Waals surface area contributed by atoms with Crippen molar-refractivity contribution in [3.05, 3.63) is 119 Å². The fraction of sp³-hybridized carbons (Fsp3) is 0.263. The lowest BCUT2D eigenvalue weighted by molar-refractivity contribution is -0.195. The standard InChI is InChI=1S/C38H36O8/c1-25-15-5-9-19-29(25)43-33(39)37(34(40)44-30-20-10-6-16-26(30)2)23-13-14-24-38(37,35(41)45-31-21-11-7-17-27(31)3)36(42)46-32-22-12-8-18-28(32)4/h5-12,15-22H,13-14,23-24H2,1-4H3. The van der Waals surface area contributed by atoms with Crippen LogP contribution in [0.5, 0.6) is 23.0 Å². The van der Waals surface area contributed by atoms with Gasteiger partial charge in [-0.05, 0) is 87.1 Å². The van der Waals surface area contributed by atoms with Crippen LogP contribution in [0.4, 0.5) is 0 Å². The highest BCUT2D eigenvalue weighted by Gasteiger charge is 2.74. The molecule has 46 heavy (non-hydrogen) atoms. The molecular formula is C38H36O8. The quantitative estimate of drug-likeness (QED) is 0.116. The summed E-state index contributed by atoms with van der Waals surface area (Å²) in [5, 5.41) is 0. The minimum atomic E-state index is -2.48. The third-order valence-corrected chi connectivity index (χ3v) is 8.66. The highest BCUT2D eigenvalue weighted by atomic mass is 16.6. The lowest BCUT2D eigenvalue weighted by atomic mass is 9.55. The molecule has 1 fully saturated rings. The van der Waals surface area contributed by atoms with Gasteiger partial charge in [0.15, 0.2) is 10.8 Å². The van der Waals surface area contributed by atoms with Crippen molar-refractivity contribution in [2.75, 3.05) is 0 Å². The second-order valence-electron chi connectivity index (χ2n) is 11.6. The molecule has 4 aromatic carbocycles. The van der Waals surface area contributed by atoms with Crippen molar-refractivity contribution in [1.29, 1.82) is 0 Å². The Labute approximate surface area is 268 Å². The summed E-state index contributed by atoms with van der Waals surface area (Å²) in [4.78, 5) is 58.7. The molecule has 0 radical (unpaired) electrons. The summed E-state index contributed by atoms with van der Waals surface area (Å²) in [6.45, 7) is 6.98. The summed E-state index contributed by atoms with van der Waals surface area (Å²) in [6.07, 6.45) is 0.188. The Morgan fingerprint density at radius 2 is 0.630 bits per heavy atom. The molecule has 236 valence electrons. The zero-order valence-corrected chi connectivity index (χ0v) is 26.3. The number of ether oxygens (including phenoxy) is 4. The van der Waals surface area contributed by atoms with E-state index in [9.17, 15) is 19.2 Å². The molecule has 8 nitrogen and oxygen atoms in total. The lowest BCUT2D eigenvalue weighted by Crippen LogP contribution is -2.66. The van der Waals surface area contributed by atoms with Crippen LogP contribution in [0.3, 0.4) is 0 Å². The second kappa shape index (κ2) is 13.4. The zero-order chi connectivity index (χ0) is 32.9. The van der Waals surface area contributed by atoms with Crippen molar-refractivity contribution < 1.29 is 38.1 Å². The van der Waals surface area contributed by atoms with E-state index >= 15 is 0 Å². The largest absolute Gasteiger partial charge is 0.425 e. The maximum Gasteiger partial charge on any atom is 0.330 e. The first-order chi connectivity index (χ1) is 22.1. The van der Waals surface area contributed by atoms with Gasteiger partial charge in [-0.2, -0.15) is 0 Å². The first-order valence-electron chi connectivity index (χ1n) is 15.2. The van der Waals surface area contributed by atoms with Crippen molar-refractivity contribution >= 4 is 23.9 Å². The van der Waals surface area contributed by atoms with Gasteiger partial charge in [0.1, 0.15) is 23.0 Å². The maximum atomic E-state index is 14.7. The van der Waals surface area contributed by atoms with Crippen molar-refractivity contribution in [3.63, 3.8) is 0 Å². The summed E-state index contributed by atoms with van der Waals surface area (Å²) in [5.74, 6) is -3.73. The Kier molecular flexibility index (Phi) is 9.37. The van der Waals surface area contributed by atoms with E-state index in [0.29, 0.717) is 35.1 Å². The van der Waals surface area contributed by atoms with Crippen molar-refractivity contribution in [2.24, 2.45) is 10.8 Å². The fourth-order valence-electron chi connectivity index (χ4n) is 5.91. The number of para-hydroxylation sites is 4. The minimum Gasteiger partial charge on any atom is -0.425 e. The third kappa shape index (κ3) is 5.90. The molecule has 0 atom stereocenters. The maximum absolute atomic E-state index is 14.7. The van der Waals surface area contributed by atoms with Gasteiger partial charge in [-0.25, -0.2) is 0 Å². The van der Waals surface area contributed by atoms with Crippen LogP contribution < -0.4 is 18.9 Å². The van der Waals surface area contributed by atoms with Crippen LogP contribution >= 0.6 is 0 Å². The van der Waals surface area contributed by atoms with Crippen LogP contribution in [0.25, 0.3) is 0 Å². The molecular weight excluding hydrogens is 584 g/mol. The van der Waals surface area contributed by atoms with Gasteiger partial charge in [0.2, 0.25) is 0 Å². The summed E-state index contributed by atoms with van der Waals surface area (Å²) in [7, 11) is 0. The average Bonchev–Trinajstić information content (AvgIpc) is 3.05. The monoisotopic (exact) mass is 620 g/mol. The van der Waals surface area contributed by atoms with Gasteiger partial charge in [0.25, 0.3) is 0 Å². The Morgan fingerprint density at radius 3 is 0.848 bits per heavy atom. The Hall–Kier alpha value is -5.24. The molecule has 0 spiro atoms. The van der Waals surface area contributed by atoms with Gasteiger partial charge in [0.05, 0.1) is 0 Å². The summed E-state index contributed by atoms with van der Waals surface area (Å²) in [5.41, 5.74) is -2.49. The van der Waals surface area contributed by atoms with Crippen LogP contribution in [0.15, 0.2) is 97.1 Å². The lowest BCUT2D eigenvalue weighted by Gasteiger charge is -2.45. The number of benzene rings is 4. The van der Waals surface area contributed by atoms with Crippen molar-refractivity contribution in [3.8, 4) is 23.0 Å². The van der Waals surface area contributed by atoms with Crippen LogP contribution in [-0.4, -0.2) is 23.9 Å². The molecule has 8 heteroatoms. The van der Waals surface area contributed by atoms with E-state index in [2.05, 4.69) is 0 Å². The van der Waals surface area contributed by atoms with Crippen molar-refractivity contribution in [2.45, 2.75) is 53.4 Å². The molecule has 0 amide bonds. The molecule has 1 aliphatic rings. The van der Waals surface area contributed by atoms with E-state index in [0.717, 1.165) is 0 Å². The summed E-state index contributed by atoms with van der Waals surface area (Å²) < 4.78 is 23.7. The fourth-order valence-corrected chi connectivity index (χ4v) is 5.91. The molecule has 0 bridgehead atoms. The normalized spacial score (nSPS) is 14.9. The molecule has 0 heterocycles. The number of hydrogen-bond acceptors (Lipinski definition) is 8. The molecule has 1 saturated carbocycles. The highest BCUT2D eigenvalue weighted by Crippen LogP contribution is 2.55. The van der Waals surface area contributed by atoms with Gasteiger partial charge in [-0.3, -0.25) is 19.2 Å². The molecule has 0 aliphatic heterocycles. The predicted octanol–water partition coefficient (Wildman–Crippen LogP) is 7.19. The van der Waals surface area contributed by atoms with Crippen LogP contribution in [0.1, 0.15) is 47.9 Å². The zero-order valence-electron chi connectivity index (χ0n) is 26.3. The second-order valence-corrected chi connectivity index (χ2v) is 11.6. The van der Waals surface area contributed by atoms with Gasteiger partial charge >= 0.3 is 23.9 Å². The predicted molar refractivity (Wildman–Crippen MR) is 171 cm³/mol. The molecule has 0 unspecified atom stereocenters. The van der Waals surface area contributed by atoms with Crippen LogP contribution in [0.2, 0.25) is 0 Å². The molecule has 5 rings (SSSR count). The Morgan fingerprint density at radius 1 is 0.413 bits per heavy atom. The number of carbonyl (C=O) groups is 4. The van der Waals surface area contributed by atoms with Crippen LogP contribution in [-0.2, 0) is 19.2 Å². The summed E-state index contributed by atoms with van der Waals surface area (Å²) >= 11 is 0. The molecule has 0 N–H and O–H groups in total. The van der Waals surface area contributed by atoms with E-state index in [1.54, 1.807) is 125 Å². The number of esters is 4. The molecule has 0 saturated heterocycles. The van der Waals surface area contributed by atoms with Gasteiger partial charge < -0.3 is 18.9 Å². The average molecular weight is 621 g/mol. The number of carbonyl (C=O) groups excluding carboxylic acids is 4. The van der Waals surface area contributed by atoms with Crippen molar-refractivity contribution in [1.82, 2.24) is 0 Å². The first kappa shape index (κ1) is 32.2. The molecule has 4 aromatic rings. The SMILES string of the molecule is Cc1ccccc1OC(=O)C1(C(=O)Oc2ccccc2C)CCCCC1(C(=O)Oc1ccccc1C)C(=O)Oc1ccccc1C. The van der Waals surface area contributed by atoms with Crippen LogP contribution in [0, 0.1) is 38.5 Å². The Bertz CT molecular complexity index is 1540. The minimum absolute atomic E-state index is 0.176. The van der Waals surface area contributed by atoms with E-state index < -0.39 is 34.7 Å². The number of rotatable bonds is 8. The summed E-state index contributed by atoms with van der Waals surface area (Å²) in [6, 6.07) is 27.1. The molecule has 1 aliphatic carbocycles. The van der Waals surface area contributed by atoms with Gasteiger partial charge in [-0.15, -0.1) is 0 Å². The highest BCUT2D eigenvalue weighted by molar-refractivity contribution is 6.16. The third-order valence-electron chi connectivity index (χ3n) is 8.66.